The number of hydrogen-bond donors (Lipinski definition) is 1. The van der Waals surface area contributed by atoms with Crippen LogP contribution in [0.3, 0.4) is 0 Å². The zero-order valence-electron chi connectivity index (χ0n) is 5.11. The quantitative estimate of drug-likeness (QED) is 0.246. The molecule has 0 saturated carbocycles. The average Bonchev–Trinajstić information content (AvgIpc) is 1.19. The zero-order valence-corrected chi connectivity index (χ0v) is 6.86. The predicted octanol–water partition coefficient (Wildman–Crippen LogP) is -6.44. The second-order valence-electron chi connectivity index (χ2n) is 0.678. The normalized spacial score (nSPS) is 7.45. The van der Waals surface area contributed by atoms with E-state index in [0.29, 0.717) is 0 Å². The molecule has 10 heteroatoms. The third kappa shape index (κ3) is 10600. The van der Waals surface area contributed by atoms with Gasteiger partial charge in [0.05, 0.1) is 0 Å². The van der Waals surface area contributed by atoms with Crippen molar-refractivity contribution >= 4 is 16.6 Å². The van der Waals surface area contributed by atoms with Crippen LogP contribution in [0, 0.1) is 0 Å². The first kappa shape index (κ1) is 22.5. The Labute approximate surface area is 85.0 Å². The minimum Gasteiger partial charge on any atom is -0.726 e. The Morgan fingerprint density at radius 2 is 1.27 bits per heavy atom. The van der Waals surface area contributed by atoms with Crippen LogP contribution in [0.1, 0.15) is 0 Å². The van der Waals surface area contributed by atoms with Gasteiger partial charge >= 0.3 is 35.9 Å². The van der Waals surface area contributed by atoms with Crippen molar-refractivity contribution in [1.29, 1.82) is 0 Å². The van der Waals surface area contributed by atoms with E-state index in [-0.39, 0.29) is 35.9 Å². The molecule has 0 atom stereocenters. The predicted molar refractivity (Wildman–Crippen MR) is 17.7 cm³/mol. The smallest absolute Gasteiger partial charge is 0.726 e. The largest absolute Gasteiger partial charge is 2.00 e. The van der Waals surface area contributed by atoms with E-state index in [2.05, 4.69) is 0 Å². The summed E-state index contributed by atoms with van der Waals surface area (Å²) in [5, 5.41) is 16.7. The van der Waals surface area contributed by atoms with Crippen LogP contribution in [0.5, 0.6) is 0 Å². The molecule has 0 spiro atoms. The Morgan fingerprint density at radius 3 is 1.27 bits per heavy atom. The summed E-state index contributed by atoms with van der Waals surface area (Å²) in [5.74, 6) is 0. The molecule has 0 aliphatic heterocycles. The molecule has 0 amide bonds. The second kappa shape index (κ2) is 10.3. The molecular weight excluding hydrogens is 227 g/mol. The summed E-state index contributed by atoms with van der Waals surface area (Å²) in [4.78, 5) is 8.33. The standard InChI is InChI=1S/CH2O3.Cu.Li.H2O4S/c2-1(3)4;;;1-5(2,3)4/h(H2,2,3,4);;;(H2,1,2,3,4)/q;+2;+1;/p-3. The fourth-order valence-electron chi connectivity index (χ4n) is 0. The van der Waals surface area contributed by atoms with Gasteiger partial charge in [-0.3, -0.25) is 4.55 Å². The first-order chi connectivity index (χ1) is 3.73. The molecular formula is CHCuLiO7S. The summed E-state index contributed by atoms with van der Waals surface area (Å²) in [6.45, 7) is 0. The summed E-state index contributed by atoms with van der Waals surface area (Å²) in [6.07, 6.45) is -2.33. The number of rotatable bonds is 0. The maximum absolute atomic E-state index is 8.63. The van der Waals surface area contributed by atoms with Gasteiger partial charge in [-0.1, -0.05) is 0 Å². The van der Waals surface area contributed by atoms with Crippen molar-refractivity contribution < 1.29 is 68.5 Å². The Balaban J connectivity index is -0.0000000383. The molecule has 0 rings (SSSR count). The molecule has 0 fully saturated rings. The first-order valence-corrected chi connectivity index (χ1v) is 2.66. The zero-order chi connectivity index (χ0) is 8.08. The maximum atomic E-state index is 8.63. The van der Waals surface area contributed by atoms with Gasteiger partial charge in [-0.05, 0) is 6.16 Å². The molecule has 0 aliphatic carbocycles. The average molecular weight is 228 g/mol. The van der Waals surface area contributed by atoms with Crippen molar-refractivity contribution in [3.05, 3.63) is 0 Å². The summed E-state index contributed by atoms with van der Waals surface area (Å²) in [5.41, 5.74) is 0. The Bertz CT molecular complexity index is 161. The monoisotopic (exact) mass is 227 g/mol. The molecule has 0 heterocycles. The van der Waals surface area contributed by atoms with E-state index in [1.54, 1.807) is 0 Å². The number of carbonyl (C=O) groups excluding carboxylic acids is 1. The van der Waals surface area contributed by atoms with E-state index < -0.39 is 16.6 Å². The molecule has 65 valence electrons. The Kier molecular flexibility index (Phi) is 21.0. The van der Waals surface area contributed by atoms with Crippen LogP contribution in [0.25, 0.3) is 0 Å². The van der Waals surface area contributed by atoms with E-state index >= 15 is 0 Å². The van der Waals surface area contributed by atoms with E-state index in [0.717, 1.165) is 0 Å². The second-order valence-corrected chi connectivity index (χ2v) is 1.53. The van der Waals surface area contributed by atoms with Crippen LogP contribution in [0.4, 0.5) is 4.79 Å². The van der Waals surface area contributed by atoms with E-state index in [1.807, 2.05) is 0 Å². The number of carbonyl (C=O) groups is 1. The molecule has 1 radical (unpaired) electrons. The Hall–Kier alpha value is 0.257. The number of hydrogen-bond acceptors (Lipinski definition) is 6. The molecule has 7 nitrogen and oxygen atoms in total. The van der Waals surface area contributed by atoms with Crippen molar-refractivity contribution in [1.82, 2.24) is 0 Å². The van der Waals surface area contributed by atoms with Crippen molar-refractivity contribution in [2.75, 3.05) is 0 Å². The summed E-state index contributed by atoms with van der Waals surface area (Å²) in [7, 11) is -4.92. The van der Waals surface area contributed by atoms with Crippen LogP contribution in [-0.4, -0.2) is 23.7 Å². The van der Waals surface area contributed by atoms with Gasteiger partial charge in [0.15, 0.2) is 0 Å². The van der Waals surface area contributed by atoms with Crippen LogP contribution >= 0.6 is 0 Å². The van der Waals surface area contributed by atoms with E-state index in [4.69, 9.17) is 32.5 Å². The van der Waals surface area contributed by atoms with Gasteiger partial charge in [0, 0.05) is 0 Å². The third-order valence-corrected chi connectivity index (χ3v) is 0. The van der Waals surface area contributed by atoms with E-state index in [9.17, 15) is 0 Å². The fraction of sp³-hybridized carbons (Fsp3) is 0. The number of carboxylic acid groups (broad SMARTS) is 2. The van der Waals surface area contributed by atoms with Gasteiger partial charge in [-0.2, -0.15) is 0 Å². The van der Waals surface area contributed by atoms with Crippen LogP contribution in [-0.2, 0) is 27.5 Å². The molecule has 0 bridgehead atoms. The van der Waals surface area contributed by atoms with Crippen LogP contribution in [0.15, 0.2) is 0 Å². The molecule has 0 aromatic rings. The third-order valence-electron chi connectivity index (χ3n) is 0. The molecule has 0 aromatic heterocycles. The minimum atomic E-state index is -4.92. The van der Waals surface area contributed by atoms with Crippen molar-refractivity contribution in [2.24, 2.45) is 0 Å². The Morgan fingerprint density at radius 1 is 1.27 bits per heavy atom. The van der Waals surface area contributed by atoms with Crippen molar-refractivity contribution in [3.8, 4) is 0 Å². The molecule has 0 saturated heterocycles. The van der Waals surface area contributed by atoms with Gasteiger partial charge in [-0.15, -0.1) is 0 Å². The van der Waals surface area contributed by atoms with Gasteiger partial charge in [0.1, 0.15) is 0 Å². The van der Waals surface area contributed by atoms with Crippen LogP contribution in [0.2, 0.25) is 0 Å². The van der Waals surface area contributed by atoms with Crippen molar-refractivity contribution in [2.45, 2.75) is 0 Å². The molecule has 0 unspecified atom stereocenters. The van der Waals surface area contributed by atoms with Gasteiger partial charge in [-0.25, -0.2) is 8.42 Å². The molecule has 0 aliphatic rings. The van der Waals surface area contributed by atoms with Gasteiger partial charge < -0.3 is 19.6 Å². The fourth-order valence-corrected chi connectivity index (χ4v) is 0. The van der Waals surface area contributed by atoms with Crippen LogP contribution < -0.4 is 29.1 Å². The summed E-state index contributed by atoms with van der Waals surface area (Å²) in [6, 6.07) is 0. The summed E-state index contributed by atoms with van der Waals surface area (Å²) >= 11 is 0. The SMILES string of the molecule is O=C([O-])[O-].O=S(=O)([O-])O.[Cu+2].[Li+]. The van der Waals surface area contributed by atoms with Gasteiger partial charge in [0.2, 0.25) is 10.4 Å². The van der Waals surface area contributed by atoms with Gasteiger partial charge in [0.25, 0.3) is 0 Å². The summed E-state index contributed by atoms with van der Waals surface area (Å²) < 4.78 is 32.8. The minimum absolute atomic E-state index is 0. The topological polar surface area (TPSA) is 141 Å². The molecule has 0 aromatic carbocycles. The van der Waals surface area contributed by atoms with E-state index in [1.165, 1.54) is 0 Å². The molecule has 1 N–H and O–H groups in total. The molecule has 11 heavy (non-hydrogen) atoms. The first-order valence-electron chi connectivity index (χ1n) is 1.29. The van der Waals surface area contributed by atoms with Crippen molar-refractivity contribution in [3.63, 3.8) is 0 Å². The maximum Gasteiger partial charge on any atom is 2.00 e.